The molecule has 0 rings (SSSR count). The molecule has 3 N–H and O–H groups in total. The fourth-order valence-corrected chi connectivity index (χ4v) is 1.86. The quantitative estimate of drug-likeness (QED) is 0.400. The van der Waals surface area contributed by atoms with Crippen LogP contribution in [0.1, 0.15) is 47.5 Å². The van der Waals surface area contributed by atoms with Crippen molar-refractivity contribution >= 4 is 0 Å². The summed E-state index contributed by atoms with van der Waals surface area (Å²) in [5.41, 5.74) is 4.15. The highest BCUT2D eigenvalue weighted by atomic mass is 16.5. The van der Waals surface area contributed by atoms with Crippen LogP contribution >= 0.6 is 0 Å². The van der Waals surface area contributed by atoms with Gasteiger partial charge in [-0.3, -0.25) is 11.3 Å². The van der Waals surface area contributed by atoms with Crippen molar-refractivity contribution in [2.24, 2.45) is 11.3 Å². The van der Waals surface area contributed by atoms with E-state index in [-0.39, 0.29) is 17.6 Å². The van der Waals surface area contributed by atoms with Gasteiger partial charge < -0.3 is 4.74 Å². The lowest BCUT2D eigenvalue weighted by Gasteiger charge is -2.36. The van der Waals surface area contributed by atoms with E-state index in [1.807, 2.05) is 6.92 Å². The summed E-state index contributed by atoms with van der Waals surface area (Å²) in [6.07, 6.45) is 1.96. The maximum absolute atomic E-state index is 5.82. The van der Waals surface area contributed by atoms with E-state index in [1.54, 1.807) is 0 Å². The highest BCUT2D eigenvalue weighted by molar-refractivity contribution is 5.00. The van der Waals surface area contributed by atoms with E-state index >= 15 is 0 Å². The van der Waals surface area contributed by atoms with Crippen LogP contribution in [0.15, 0.2) is 12.2 Å². The second kappa shape index (κ2) is 7.05. The molecule has 16 heavy (non-hydrogen) atoms. The fourth-order valence-electron chi connectivity index (χ4n) is 1.86. The summed E-state index contributed by atoms with van der Waals surface area (Å²) in [5, 5.41) is 0. The van der Waals surface area contributed by atoms with Gasteiger partial charge in [0, 0.05) is 6.61 Å². The zero-order chi connectivity index (χ0) is 12.8. The molecule has 96 valence electrons. The lowest BCUT2D eigenvalue weighted by molar-refractivity contribution is -0.0356. The van der Waals surface area contributed by atoms with Gasteiger partial charge in [0.15, 0.2) is 0 Å². The standard InChI is InChI=1S/C13H28N2O/c1-7-10(3)9-11(15-14)12(16-8-2)13(4,5)6/h11-12,15H,3,7-9,14H2,1-2,4-6H3. The Morgan fingerprint density at radius 2 is 1.94 bits per heavy atom. The van der Waals surface area contributed by atoms with Crippen LogP contribution in [0.25, 0.3) is 0 Å². The van der Waals surface area contributed by atoms with Crippen molar-refractivity contribution in [3.63, 3.8) is 0 Å². The Balaban J connectivity index is 4.64. The maximum atomic E-state index is 5.82. The first-order valence-corrected chi connectivity index (χ1v) is 6.11. The summed E-state index contributed by atoms with van der Waals surface area (Å²) in [7, 11) is 0. The van der Waals surface area contributed by atoms with Crippen molar-refractivity contribution in [1.29, 1.82) is 0 Å². The van der Waals surface area contributed by atoms with Crippen LogP contribution in [0.2, 0.25) is 0 Å². The van der Waals surface area contributed by atoms with Crippen LogP contribution in [0.5, 0.6) is 0 Å². The summed E-state index contributed by atoms with van der Waals surface area (Å²) < 4.78 is 5.82. The van der Waals surface area contributed by atoms with Gasteiger partial charge in [-0.15, -0.1) is 0 Å². The number of nitrogens with two attached hydrogens (primary N) is 1. The van der Waals surface area contributed by atoms with Gasteiger partial charge in [-0.1, -0.05) is 39.8 Å². The Hall–Kier alpha value is -0.380. The molecule has 0 amide bonds. The molecule has 0 fully saturated rings. The van der Waals surface area contributed by atoms with Crippen molar-refractivity contribution in [3.8, 4) is 0 Å². The van der Waals surface area contributed by atoms with E-state index in [9.17, 15) is 0 Å². The first-order chi connectivity index (χ1) is 7.36. The largest absolute Gasteiger partial charge is 0.376 e. The first-order valence-electron chi connectivity index (χ1n) is 6.11. The second-order valence-corrected chi connectivity index (χ2v) is 5.32. The van der Waals surface area contributed by atoms with Crippen LogP contribution in [-0.4, -0.2) is 18.8 Å². The van der Waals surface area contributed by atoms with E-state index in [2.05, 4.69) is 39.7 Å². The Bertz CT molecular complexity index is 208. The molecule has 0 aromatic rings. The van der Waals surface area contributed by atoms with Crippen LogP contribution in [0.4, 0.5) is 0 Å². The minimum Gasteiger partial charge on any atom is -0.376 e. The molecule has 2 atom stereocenters. The first kappa shape index (κ1) is 15.6. The van der Waals surface area contributed by atoms with E-state index in [0.29, 0.717) is 6.61 Å². The predicted octanol–water partition coefficient (Wildman–Crippen LogP) is 2.63. The lowest BCUT2D eigenvalue weighted by Crippen LogP contribution is -2.51. The summed E-state index contributed by atoms with van der Waals surface area (Å²) in [4.78, 5) is 0. The maximum Gasteiger partial charge on any atom is 0.0792 e. The van der Waals surface area contributed by atoms with Gasteiger partial charge >= 0.3 is 0 Å². The van der Waals surface area contributed by atoms with E-state index in [1.165, 1.54) is 5.57 Å². The van der Waals surface area contributed by atoms with E-state index < -0.39 is 0 Å². The van der Waals surface area contributed by atoms with Gasteiger partial charge in [0.2, 0.25) is 0 Å². The lowest BCUT2D eigenvalue weighted by atomic mass is 9.82. The summed E-state index contributed by atoms with van der Waals surface area (Å²) in [5.74, 6) is 5.63. The molecule has 0 saturated carbocycles. The van der Waals surface area contributed by atoms with Crippen LogP contribution in [-0.2, 0) is 4.74 Å². The molecule has 0 radical (unpaired) electrons. The summed E-state index contributed by atoms with van der Waals surface area (Å²) in [6, 6.07) is 0.132. The van der Waals surface area contributed by atoms with Gasteiger partial charge in [-0.05, 0) is 25.2 Å². The van der Waals surface area contributed by atoms with Crippen molar-refractivity contribution in [3.05, 3.63) is 12.2 Å². The molecule has 0 bridgehead atoms. The van der Waals surface area contributed by atoms with Crippen molar-refractivity contribution in [1.82, 2.24) is 5.43 Å². The molecule has 0 aromatic heterocycles. The molecular weight excluding hydrogens is 200 g/mol. The molecule has 0 saturated heterocycles. The average Bonchev–Trinajstić information content (AvgIpc) is 2.21. The molecule has 3 nitrogen and oxygen atoms in total. The Labute approximate surface area is 100 Å². The minimum absolute atomic E-state index is 0.0705. The number of hydrazine groups is 1. The van der Waals surface area contributed by atoms with Crippen molar-refractivity contribution < 1.29 is 4.74 Å². The molecule has 0 spiro atoms. The molecule has 0 aliphatic rings. The minimum atomic E-state index is 0.0705. The van der Waals surface area contributed by atoms with E-state index in [0.717, 1.165) is 12.8 Å². The van der Waals surface area contributed by atoms with Gasteiger partial charge in [0.25, 0.3) is 0 Å². The van der Waals surface area contributed by atoms with Gasteiger partial charge in [0.05, 0.1) is 12.1 Å². The molecular formula is C13H28N2O. The number of rotatable bonds is 7. The van der Waals surface area contributed by atoms with Crippen LogP contribution < -0.4 is 11.3 Å². The van der Waals surface area contributed by atoms with Crippen molar-refractivity contribution in [2.45, 2.75) is 59.6 Å². The number of nitrogens with one attached hydrogen (secondary N) is 1. The Morgan fingerprint density at radius 3 is 2.25 bits per heavy atom. The molecule has 0 aromatic carbocycles. The third-order valence-corrected chi connectivity index (χ3v) is 2.79. The van der Waals surface area contributed by atoms with Crippen LogP contribution in [0, 0.1) is 5.41 Å². The number of ether oxygens (including phenoxy) is 1. The predicted molar refractivity (Wildman–Crippen MR) is 70.0 cm³/mol. The highest BCUT2D eigenvalue weighted by Gasteiger charge is 2.32. The van der Waals surface area contributed by atoms with Gasteiger partial charge in [-0.2, -0.15) is 0 Å². The van der Waals surface area contributed by atoms with E-state index in [4.69, 9.17) is 10.6 Å². The third kappa shape index (κ3) is 5.10. The third-order valence-electron chi connectivity index (χ3n) is 2.79. The average molecular weight is 228 g/mol. The highest BCUT2D eigenvalue weighted by Crippen LogP contribution is 2.27. The van der Waals surface area contributed by atoms with Crippen LogP contribution in [0.3, 0.4) is 0 Å². The zero-order valence-corrected chi connectivity index (χ0v) is 11.5. The number of hydrogen-bond donors (Lipinski definition) is 2. The monoisotopic (exact) mass is 228 g/mol. The molecule has 3 heteroatoms. The topological polar surface area (TPSA) is 47.3 Å². The fraction of sp³-hybridized carbons (Fsp3) is 0.846. The molecule has 0 heterocycles. The molecule has 2 unspecified atom stereocenters. The van der Waals surface area contributed by atoms with Gasteiger partial charge in [-0.25, -0.2) is 0 Å². The number of hydrogen-bond acceptors (Lipinski definition) is 3. The zero-order valence-electron chi connectivity index (χ0n) is 11.5. The second-order valence-electron chi connectivity index (χ2n) is 5.32. The summed E-state index contributed by atoms with van der Waals surface area (Å²) >= 11 is 0. The SMILES string of the molecule is C=C(CC)CC(NN)C(OCC)C(C)(C)C. The molecule has 0 aliphatic heterocycles. The van der Waals surface area contributed by atoms with Crippen molar-refractivity contribution in [2.75, 3.05) is 6.61 Å². The Kier molecular flexibility index (Phi) is 6.88. The summed E-state index contributed by atoms with van der Waals surface area (Å²) in [6.45, 7) is 15.4. The normalized spacial score (nSPS) is 15.9. The smallest absolute Gasteiger partial charge is 0.0792 e. The Morgan fingerprint density at radius 1 is 1.38 bits per heavy atom. The molecule has 0 aliphatic carbocycles. The van der Waals surface area contributed by atoms with Gasteiger partial charge in [0.1, 0.15) is 0 Å².